The van der Waals surface area contributed by atoms with Gasteiger partial charge in [-0.05, 0) is 38.0 Å². The molecule has 2 aromatic rings. The number of carbonyl (C=O) groups excluding carboxylic acids is 1. The molecule has 0 bridgehead atoms. The number of anilines is 1. The summed E-state index contributed by atoms with van der Waals surface area (Å²) in [6, 6.07) is 15.8. The number of para-hydroxylation sites is 1. The second-order valence-corrected chi connectivity index (χ2v) is 5.42. The molecule has 0 fully saturated rings. The van der Waals surface area contributed by atoms with E-state index in [9.17, 15) is 4.79 Å². The fourth-order valence-corrected chi connectivity index (χ4v) is 2.31. The molecule has 0 aliphatic heterocycles. The number of esters is 1. The molecular formula is C18H21NO2. The molecule has 0 spiro atoms. The van der Waals surface area contributed by atoms with E-state index < -0.39 is 5.54 Å². The van der Waals surface area contributed by atoms with Crippen molar-refractivity contribution in [2.24, 2.45) is 0 Å². The number of rotatable bonds is 4. The van der Waals surface area contributed by atoms with Crippen LogP contribution in [-0.2, 0) is 15.1 Å². The van der Waals surface area contributed by atoms with Gasteiger partial charge in [0.25, 0.3) is 0 Å². The highest BCUT2D eigenvalue weighted by molar-refractivity contribution is 5.86. The summed E-state index contributed by atoms with van der Waals surface area (Å²) in [7, 11) is 1.41. The minimum atomic E-state index is -0.922. The van der Waals surface area contributed by atoms with Crippen molar-refractivity contribution in [3.05, 3.63) is 65.2 Å². The molecule has 0 saturated heterocycles. The van der Waals surface area contributed by atoms with Gasteiger partial charge in [0.15, 0.2) is 5.54 Å². The Morgan fingerprint density at radius 3 is 2.24 bits per heavy atom. The first-order valence-corrected chi connectivity index (χ1v) is 6.97. The predicted molar refractivity (Wildman–Crippen MR) is 85.3 cm³/mol. The zero-order chi connectivity index (χ0) is 15.5. The van der Waals surface area contributed by atoms with Crippen LogP contribution in [0.3, 0.4) is 0 Å². The Kier molecular flexibility index (Phi) is 4.32. The average Bonchev–Trinajstić information content (AvgIpc) is 2.49. The number of hydrogen-bond donors (Lipinski definition) is 1. The third kappa shape index (κ3) is 3.07. The number of benzene rings is 2. The van der Waals surface area contributed by atoms with Crippen molar-refractivity contribution in [1.29, 1.82) is 0 Å². The monoisotopic (exact) mass is 283 g/mol. The number of ether oxygens (including phenoxy) is 1. The molecule has 2 rings (SSSR count). The van der Waals surface area contributed by atoms with E-state index in [1.165, 1.54) is 7.11 Å². The fourth-order valence-electron chi connectivity index (χ4n) is 2.31. The molecule has 2 aromatic carbocycles. The quantitative estimate of drug-likeness (QED) is 0.867. The van der Waals surface area contributed by atoms with Crippen LogP contribution in [0.25, 0.3) is 0 Å². The Labute approximate surface area is 126 Å². The van der Waals surface area contributed by atoms with Crippen molar-refractivity contribution in [3.8, 4) is 0 Å². The van der Waals surface area contributed by atoms with Crippen molar-refractivity contribution in [2.75, 3.05) is 12.4 Å². The van der Waals surface area contributed by atoms with Crippen molar-refractivity contribution in [3.63, 3.8) is 0 Å². The first-order valence-electron chi connectivity index (χ1n) is 6.97. The van der Waals surface area contributed by atoms with Gasteiger partial charge in [-0.25, -0.2) is 4.79 Å². The first-order chi connectivity index (χ1) is 9.97. The summed E-state index contributed by atoms with van der Waals surface area (Å²) < 4.78 is 5.01. The van der Waals surface area contributed by atoms with Crippen LogP contribution >= 0.6 is 0 Å². The normalized spacial score (nSPS) is 13.3. The highest BCUT2D eigenvalue weighted by atomic mass is 16.5. The van der Waals surface area contributed by atoms with Crippen LogP contribution in [-0.4, -0.2) is 13.1 Å². The topological polar surface area (TPSA) is 38.3 Å². The van der Waals surface area contributed by atoms with Crippen LogP contribution < -0.4 is 5.32 Å². The largest absolute Gasteiger partial charge is 0.467 e. The second-order valence-electron chi connectivity index (χ2n) is 5.42. The van der Waals surface area contributed by atoms with Gasteiger partial charge in [-0.1, -0.05) is 48.0 Å². The maximum absolute atomic E-state index is 12.4. The number of aryl methyl sites for hydroxylation is 2. The first kappa shape index (κ1) is 15.1. The lowest BCUT2D eigenvalue weighted by atomic mass is 9.90. The van der Waals surface area contributed by atoms with Crippen LogP contribution in [0.1, 0.15) is 23.6 Å². The van der Waals surface area contributed by atoms with E-state index in [0.717, 1.165) is 22.4 Å². The molecule has 1 atom stereocenters. The molecule has 0 aromatic heterocycles. The molecule has 0 aliphatic rings. The maximum Gasteiger partial charge on any atom is 0.335 e. The molecule has 0 heterocycles. The van der Waals surface area contributed by atoms with Crippen LogP contribution in [0.15, 0.2) is 48.5 Å². The van der Waals surface area contributed by atoms with E-state index in [4.69, 9.17) is 4.74 Å². The van der Waals surface area contributed by atoms with Gasteiger partial charge in [0.05, 0.1) is 7.11 Å². The zero-order valence-electron chi connectivity index (χ0n) is 12.9. The Morgan fingerprint density at radius 2 is 1.67 bits per heavy atom. The number of nitrogens with one attached hydrogen (secondary N) is 1. The summed E-state index contributed by atoms with van der Waals surface area (Å²) in [5, 5.41) is 3.34. The predicted octanol–water partition coefficient (Wildman–Crippen LogP) is 3.80. The van der Waals surface area contributed by atoms with E-state index in [-0.39, 0.29) is 5.97 Å². The van der Waals surface area contributed by atoms with Crippen molar-refractivity contribution in [1.82, 2.24) is 0 Å². The number of hydrogen-bond acceptors (Lipinski definition) is 3. The molecule has 0 amide bonds. The van der Waals surface area contributed by atoms with Gasteiger partial charge in [0.1, 0.15) is 0 Å². The third-order valence-electron chi connectivity index (χ3n) is 3.75. The van der Waals surface area contributed by atoms with E-state index in [0.29, 0.717) is 0 Å². The molecule has 1 N–H and O–H groups in total. The average molecular weight is 283 g/mol. The Balaban J connectivity index is 2.45. The Hall–Kier alpha value is -2.29. The van der Waals surface area contributed by atoms with Gasteiger partial charge in [-0.3, -0.25) is 0 Å². The van der Waals surface area contributed by atoms with Crippen LogP contribution in [0.2, 0.25) is 0 Å². The van der Waals surface area contributed by atoms with Gasteiger partial charge < -0.3 is 10.1 Å². The zero-order valence-corrected chi connectivity index (χ0v) is 12.9. The summed E-state index contributed by atoms with van der Waals surface area (Å²) in [6.45, 7) is 5.87. The van der Waals surface area contributed by atoms with Gasteiger partial charge in [-0.15, -0.1) is 0 Å². The van der Waals surface area contributed by atoms with E-state index >= 15 is 0 Å². The lowest BCUT2D eigenvalue weighted by Gasteiger charge is -2.30. The van der Waals surface area contributed by atoms with E-state index in [2.05, 4.69) is 5.32 Å². The highest BCUT2D eigenvalue weighted by Gasteiger charge is 2.36. The summed E-state index contributed by atoms with van der Waals surface area (Å²) in [5.74, 6) is -0.311. The third-order valence-corrected chi connectivity index (χ3v) is 3.75. The Morgan fingerprint density at radius 1 is 1.05 bits per heavy atom. The summed E-state index contributed by atoms with van der Waals surface area (Å²) in [6.07, 6.45) is 0. The molecule has 3 nitrogen and oxygen atoms in total. The smallest absolute Gasteiger partial charge is 0.335 e. The second kappa shape index (κ2) is 6.00. The lowest BCUT2D eigenvalue weighted by Crippen LogP contribution is -2.41. The van der Waals surface area contributed by atoms with Crippen molar-refractivity contribution < 1.29 is 9.53 Å². The highest BCUT2D eigenvalue weighted by Crippen LogP contribution is 2.29. The van der Waals surface area contributed by atoms with Crippen molar-refractivity contribution in [2.45, 2.75) is 26.3 Å². The summed E-state index contributed by atoms with van der Waals surface area (Å²) >= 11 is 0. The van der Waals surface area contributed by atoms with Crippen molar-refractivity contribution >= 4 is 11.7 Å². The maximum atomic E-state index is 12.4. The van der Waals surface area contributed by atoms with Crippen LogP contribution in [0.5, 0.6) is 0 Å². The molecular weight excluding hydrogens is 262 g/mol. The molecule has 21 heavy (non-hydrogen) atoms. The molecule has 110 valence electrons. The van der Waals surface area contributed by atoms with E-state index in [1.807, 2.05) is 69.3 Å². The van der Waals surface area contributed by atoms with Gasteiger partial charge in [0, 0.05) is 5.69 Å². The summed E-state index contributed by atoms with van der Waals surface area (Å²) in [4.78, 5) is 12.4. The SMILES string of the molecule is COC(=O)C(C)(Nc1ccccc1C)c1ccc(C)cc1. The fraction of sp³-hybridized carbons (Fsp3) is 0.278. The molecule has 0 saturated carbocycles. The minimum absolute atomic E-state index is 0.311. The number of methoxy groups -OCH3 is 1. The van der Waals surface area contributed by atoms with E-state index in [1.54, 1.807) is 0 Å². The van der Waals surface area contributed by atoms with Gasteiger partial charge in [-0.2, -0.15) is 0 Å². The van der Waals surface area contributed by atoms with Gasteiger partial charge in [0.2, 0.25) is 0 Å². The van der Waals surface area contributed by atoms with Gasteiger partial charge >= 0.3 is 5.97 Å². The molecule has 3 heteroatoms. The van der Waals surface area contributed by atoms with Crippen LogP contribution in [0.4, 0.5) is 5.69 Å². The molecule has 1 unspecified atom stereocenters. The Bertz CT molecular complexity index is 634. The standard InChI is InChI=1S/C18H21NO2/c1-13-9-11-15(12-10-13)18(3,17(20)21-4)19-16-8-6-5-7-14(16)2/h5-12,19H,1-4H3. The summed E-state index contributed by atoms with van der Waals surface area (Å²) in [5.41, 5.74) is 3.12. The molecule has 0 aliphatic carbocycles. The minimum Gasteiger partial charge on any atom is -0.467 e. The van der Waals surface area contributed by atoms with Crippen LogP contribution in [0, 0.1) is 13.8 Å². The number of carbonyl (C=O) groups is 1. The lowest BCUT2D eigenvalue weighted by molar-refractivity contribution is -0.145. The molecule has 0 radical (unpaired) electrons.